The van der Waals surface area contributed by atoms with Gasteiger partial charge in [0, 0.05) is 6.54 Å². The van der Waals surface area contributed by atoms with Crippen LogP contribution in [0.3, 0.4) is 0 Å². The molecule has 0 saturated heterocycles. The minimum atomic E-state index is -3.34. The van der Waals surface area contributed by atoms with Gasteiger partial charge in [-0.2, -0.15) is 0 Å². The van der Waals surface area contributed by atoms with Crippen molar-refractivity contribution in [2.24, 2.45) is 5.92 Å². The SMILES string of the molecule is CCCCCC(C)CNS(=O)(=O)c1ccccc1. The van der Waals surface area contributed by atoms with Gasteiger partial charge in [-0.25, -0.2) is 13.1 Å². The first kappa shape index (κ1) is 15.2. The molecule has 0 spiro atoms. The molecule has 1 aromatic rings. The highest BCUT2D eigenvalue weighted by atomic mass is 32.2. The minimum absolute atomic E-state index is 0.339. The van der Waals surface area contributed by atoms with Crippen molar-refractivity contribution in [1.29, 1.82) is 0 Å². The van der Waals surface area contributed by atoms with E-state index in [0.29, 0.717) is 17.4 Å². The van der Waals surface area contributed by atoms with Crippen LogP contribution < -0.4 is 4.72 Å². The Morgan fingerprint density at radius 1 is 1.17 bits per heavy atom. The highest BCUT2D eigenvalue weighted by Crippen LogP contribution is 2.11. The van der Waals surface area contributed by atoms with Crippen LogP contribution in [-0.4, -0.2) is 15.0 Å². The molecule has 0 aromatic heterocycles. The lowest BCUT2D eigenvalue weighted by Crippen LogP contribution is -2.28. The predicted octanol–water partition coefficient (Wildman–Crippen LogP) is 3.18. The Labute approximate surface area is 111 Å². The van der Waals surface area contributed by atoms with Gasteiger partial charge < -0.3 is 0 Å². The maximum atomic E-state index is 12.0. The normalized spacial score (nSPS) is 13.4. The molecule has 0 fully saturated rings. The largest absolute Gasteiger partial charge is 0.240 e. The molecule has 3 nitrogen and oxygen atoms in total. The lowest BCUT2D eigenvalue weighted by Gasteiger charge is -2.12. The maximum Gasteiger partial charge on any atom is 0.240 e. The van der Waals surface area contributed by atoms with E-state index in [9.17, 15) is 8.42 Å². The predicted molar refractivity (Wildman–Crippen MR) is 74.9 cm³/mol. The van der Waals surface area contributed by atoms with Crippen molar-refractivity contribution in [2.75, 3.05) is 6.54 Å². The van der Waals surface area contributed by atoms with Crippen LogP contribution in [0.1, 0.15) is 39.5 Å². The Balaban J connectivity index is 2.43. The van der Waals surface area contributed by atoms with Crippen molar-refractivity contribution in [1.82, 2.24) is 4.72 Å². The zero-order valence-corrected chi connectivity index (χ0v) is 12.0. The summed E-state index contributed by atoms with van der Waals surface area (Å²) in [5.41, 5.74) is 0. The Morgan fingerprint density at radius 3 is 2.44 bits per heavy atom. The van der Waals surface area contributed by atoms with Crippen LogP contribution in [0, 0.1) is 5.92 Å². The third-order valence-corrected chi connectivity index (χ3v) is 4.42. The smallest absolute Gasteiger partial charge is 0.211 e. The summed E-state index contributed by atoms with van der Waals surface area (Å²) in [6, 6.07) is 8.51. The molecule has 0 saturated carbocycles. The molecule has 1 rings (SSSR count). The van der Waals surface area contributed by atoms with Gasteiger partial charge in [-0.1, -0.05) is 51.3 Å². The van der Waals surface area contributed by atoms with Crippen LogP contribution >= 0.6 is 0 Å². The second-order valence-electron chi connectivity index (χ2n) is 4.77. The van der Waals surface area contributed by atoms with Crippen molar-refractivity contribution in [2.45, 2.75) is 44.4 Å². The Kier molecular flexibility index (Phi) is 6.36. The van der Waals surface area contributed by atoms with Crippen LogP contribution in [0.4, 0.5) is 0 Å². The Hall–Kier alpha value is -0.870. The van der Waals surface area contributed by atoms with Crippen LogP contribution in [0.5, 0.6) is 0 Å². The molecule has 1 atom stereocenters. The molecule has 0 heterocycles. The van der Waals surface area contributed by atoms with Crippen LogP contribution in [0.15, 0.2) is 35.2 Å². The first-order chi connectivity index (χ1) is 8.56. The van der Waals surface area contributed by atoms with E-state index in [1.807, 2.05) is 6.07 Å². The van der Waals surface area contributed by atoms with Gasteiger partial charge in [0.15, 0.2) is 0 Å². The molecule has 0 radical (unpaired) electrons. The second-order valence-corrected chi connectivity index (χ2v) is 6.53. The Bertz CT molecular complexity index is 428. The van der Waals surface area contributed by atoms with Gasteiger partial charge in [-0.15, -0.1) is 0 Å². The highest BCUT2D eigenvalue weighted by Gasteiger charge is 2.14. The van der Waals surface area contributed by atoms with Crippen molar-refractivity contribution in [3.8, 4) is 0 Å². The molecular weight excluding hydrogens is 246 g/mol. The third kappa shape index (κ3) is 5.19. The first-order valence-electron chi connectivity index (χ1n) is 6.61. The van der Waals surface area contributed by atoms with Crippen LogP contribution in [0.25, 0.3) is 0 Å². The number of unbranched alkanes of at least 4 members (excludes halogenated alkanes) is 2. The van der Waals surface area contributed by atoms with Crippen molar-refractivity contribution in [3.63, 3.8) is 0 Å². The molecular formula is C14H23NO2S. The molecule has 0 aliphatic carbocycles. The molecule has 0 aliphatic rings. The van der Waals surface area contributed by atoms with E-state index in [1.54, 1.807) is 24.3 Å². The van der Waals surface area contributed by atoms with Gasteiger partial charge in [-0.3, -0.25) is 0 Å². The molecule has 0 amide bonds. The van der Waals surface area contributed by atoms with E-state index < -0.39 is 10.0 Å². The molecule has 102 valence electrons. The van der Waals surface area contributed by atoms with Crippen molar-refractivity contribution in [3.05, 3.63) is 30.3 Å². The fraction of sp³-hybridized carbons (Fsp3) is 0.571. The van der Waals surface area contributed by atoms with E-state index in [-0.39, 0.29) is 0 Å². The van der Waals surface area contributed by atoms with Gasteiger partial charge in [-0.05, 0) is 24.5 Å². The van der Waals surface area contributed by atoms with E-state index in [0.717, 1.165) is 6.42 Å². The fourth-order valence-electron chi connectivity index (χ4n) is 1.78. The number of nitrogens with one attached hydrogen (secondary N) is 1. The number of sulfonamides is 1. The molecule has 0 bridgehead atoms. The summed E-state index contributed by atoms with van der Waals surface area (Å²) in [6.45, 7) is 4.77. The van der Waals surface area contributed by atoms with E-state index in [1.165, 1.54) is 19.3 Å². The number of rotatable bonds is 8. The summed E-state index contributed by atoms with van der Waals surface area (Å²) < 4.78 is 26.6. The van der Waals surface area contributed by atoms with E-state index >= 15 is 0 Å². The minimum Gasteiger partial charge on any atom is -0.211 e. The van der Waals surface area contributed by atoms with Gasteiger partial charge in [0.05, 0.1) is 4.90 Å². The molecule has 0 aliphatic heterocycles. The van der Waals surface area contributed by atoms with Gasteiger partial charge in [0.1, 0.15) is 0 Å². The standard InChI is InChI=1S/C14H23NO2S/c1-3-4-6-9-13(2)12-15-18(16,17)14-10-7-5-8-11-14/h5,7-8,10-11,13,15H,3-4,6,9,12H2,1-2H3. The Morgan fingerprint density at radius 2 is 1.83 bits per heavy atom. The number of hydrogen-bond acceptors (Lipinski definition) is 2. The van der Waals surface area contributed by atoms with Gasteiger partial charge in [0.25, 0.3) is 0 Å². The van der Waals surface area contributed by atoms with Crippen LogP contribution in [0.2, 0.25) is 0 Å². The van der Waals surface area contributed by atoms with E-state index in [2.05, 4.69) is 18.6 Å². The maximum absolute atomic E-state index is 12.0. The summed E-state index contributed by atoms with van der Waals surface area (Å²) >= 11 is 0. The average molecular weight is 269 g/mol. The van der Waals surface area contributed by atoms with Crippen molar-refractivity contribution >= 4 is 10.0 Å². The van der Waals surface area contributed by atoms with Crippen molar-refractivity contribution < 1.29 is 8.42 Å². The topological polar surface area (TPSA) is 46.2 Å². The van der Waals surface area contributed by atoms with E-state index in [4.69, 9.17) is 0 Å². The summed E-state index contributed by atoms with van der Waals surface area (Å²) in [4.78, 5) is 0.339. The number of benzene rings is 1. The monoisotopic (exact) mass is 269 g/mol. The highest BCUT2D eigenvalue weighted by molar-refractivity contribution is 7.89. The fourth-order valence-corrected chi connectivity index (χ4v) is 2.97. The third-order valence-electron chi connectivity index (χ3n) is 2.98. The average Bonchev–Trinajstić information content (AvgIpc) is 2.38. The van der Waals surface area contributed by atoms with Crippen LogP contribution in [-0.2, 0) is 10.0 Å². The van der Waals surface area contributed by atoms with Gasteiger partial charge in [0.2, 0.25) is 10.0 Å². The molecule has 18 heavy (non-hydrogen) atoms. The molecule has 1 aromatic carbocycles. The zero-order chi connectivity index (χ0) is 13.4. The lowest BCUT2D eigenvalue weighted by atomic mass is 10.0. The summed E-state index contributed by atoms with van der Waals surface area (Å²) in [5.74, 6) is 0.384. The molecule has 1 N–H and O–H groups in total. The summed E-state index contributed by atoms with van der Waals surface area (Å²) in [5, 5.41) is 0. The number of hydrogen-bond donors (Lipinski definition) is 1. The zero-order valence-electron chi connectivity index (χ0n) is 11.2. The quantitative estimate of drug-likeness (QED) is 0.737. The summed E-state index contributed by atoms with van der Waals surface area (Å²) in [6.07, 6.45) is 4.66. The lowest BCUT2D eigenvalue weighted by molar-refractivity contribution is 0.483. The second kappa shape index (κ2) is 7.54. The molecule has 1 unspecified atom stereocenters. The summed E-state index contributed by atoms with van der Waals surface area (Å²) in [7, 11) is -3.34. The van der Waals surface area contributed by atoms with Gasteiger partial charge >= 0.3 is 0 Å². The molecule has 4 heteroatoms. The first-order valence-corrected chi connectivity index (χ1v) is 8.09.